The second kappa shape index (κ2) is 9.38. The fourth-order valence-corrected chi connectivity index (χ4v) is 3.75. The summed E-state index contributed by atoms with van der Waals surface area (Å²) in [7, 11) is -3.84. The van der Waals surface area contributed by atoms with Crippen LogP contribution in [-0.4, -0.2) is 27.1 Å². The molecule has 158 valence electrons. The minimum absolute atomic E-state index is 0.00414. The molecule has 2 rings (SSSR count). The number of hydrogen-bond acceptors (Lipinski definition) is 4. The van der Waals surface area contributed by atoms with E-state index in [0.29, 0.717) is 22.4 Å². The molecule has 0 aliphatic rings. The van der Waals surface area contributed by atoms with Crippen LogP contribution in [0.3, 0.4) is 0 Å². The van der Waals surface area contributed by atoms with Gasteiger partial charge in [-0.15, -0.1) is 0 Å². The predicted molar refractivity (Wildman–Crippen MR) is 102 cm³/mol. The first-order chi connectivity index (χ1) is 13.5. The van der Waals surface area contributed by atoms with Gasteiger partial charge in [0.25, 0.3) is 0 Å². The van der Waals surface area contributed by atoms with Crippen molar-refractivity contribution >= 4 is 21.6 Å². The molecule has 0 fully saturated rings. The lowest BCUT2D eigenvalue weighted by Crippen LogP contribution is -2.24. The Bertz CT molecular complexity index is 958. The van der Waals surface area contributed by atoms with E-state index in [0.717, 1.165) is 0 Å². The summed E-state index contributed by atoms with van der Waals surface area (Å²) in [6, 6.07) is 10.9. The van der Waals surface area contributed by atoms with Crippen LogP contribution in [0.5, 0.6) is 0 Å². The van der Waals surface area contributed by atoms with E-state index in [4.69, 9.17) is 0 Å². The summed E-state index contributed by atoms with van der Waals surface area (Å²) in [5, 5.41) is 2.54. The first kappa shape index (κ1) is 22.9. The summed E-state index contributed by atoms with van der Waals surface area (Å²) in [5.74, 6) is -0.315. The molecular weight excluding hydrogens is 409 g/mol. The number of ether oxygens (including phenoxy) is 1. The second-order valence-electron chi connectivity index (χ2n) is 6.41. The molecular formula is C19H21F3N2O4S. The van der Waals surface area contributed by atoms with E-state index in [-0.39, 0.29) is 24.0 Å². The molecule has 2 aromatic rings. The molecule has 0 aliphatic heterocycles. The molecule has 0 saturated carbocycles. The van der Waals surface area contributed by atoms with Crippen LogP contribution in [0.4, 0.5) is 18.9 Å². The third kappa shape index (κ3) is 7.48. The number of hydrogen-bond donors (Lipinski definition) is 2. The summed E-state index contributed by atoms with van der Waals surface area (Å²) in [6.45, 7) is 1.44. The molecule has 29 heavy (non-hydrogen) atoms. The molecule has 0 aromatic heterocycles. The second-order valence-corrected chi connectivity index (χ2v) is 8.15. The topological polar surface area (TPSA) is 84.5 Å². The molecule has 0 bridgehead atoms. The van der Waals surface area contributed by atoms with Crippen LogP contribution in [0.2, 0.25) is 0 Å². The quantitative estimate of drug-likeness (QED) is 0.671. The number of carbonyl (C=O) groups is 1. The number of halogens is 3. The molecule has 0 unspecified atom stereocenters. The molecule has 2 aromatic carbocycles. The van der Waals surface area contributed by atoms with Gasteiger partial charge in [-0.3, -0.25) is 4.79 Å². The van der Waals surface area contributed by atoms with Crippen LogP contribution in [0, 0.1) is 6.92 Å². The Kier molecular flexibility index (Phi) is 7.39. The number of aryl methyl sites for hydroxylation is 1. The van der Waals surface area contributed by atoms with Crippen LogP contribution in [-0.2, 0) is 32.7 Å². The summed E-state index contributed by atoms with van der Waals surface area (Å²) in [6.07, 6.45) is -4.38. The van der Waals surface area contributed by atoms with Gasteiger partial charge in [-0.05, 0) is 35.7 Å². The van der Waals surface area contributed by atoms with Crippen LogP contribution in [0.25, 0.3) is 0 Å². The molecule has 0 atom stereocenters. The Balaban J connectivity index is 2.01. The lowest BCUT2D eigenvalue weighted by molar-refractivity contribution is -0.176. The Morgan fingerprint density at radius 1 is 1.07 bits per heavy atom. The van der Waals surface area contributed by atoms with Gasteiger partial charge >= 0.3 is 6.18 Å². The van der Waals surface area contributed by atoms with Crippen molar-refractivity contribution in [2.45, 2.75) is 38.1 Å². The van der Waals surface area contributed by atoms with E-state index < -0.39 is 22.8 Å². The fourth-order valence-electron chi connectivity index (χ4n) is 2.46. The van der Waals surface area contributed by atoms with Crippen molar-refractivity contribution < 1.29 is 31.1 Å². The van der Waals surface area contributed by atoms with Crippen LogP contribution in [0.15, 0.2) is 47.4 Å². The summed E-state index contributed by atoms with van der Waals surface area (Å²) < 4.78 is 68.5. The maximum atomic E-state index is 12.6. The first-order valence-electron chi connectivity index (χ1n) is 8.56. The molecule has 0 spiro atoms. The highest BCUT2D eigenvalue weighted by molar-refractivity contribution is 7.89. The highest BCUT2D eigenvalue weighted by atomic mass is 32.2. The number of anilines is 1. The SMILES string of the molecule is CC(=O)Nc1ccc(C)c(S(=O)(=O)NCc2ccc(COCC(F)(F)F)cc2)c1. The number of carbonyl (C=O) groups excluding carboxylic acids is 1. The Hall–Kier alpha value is -2.43. The number of amides is 1. The van der Waals surface area contributed by atoms with Gasteiger partial charge in [0.05, 0.1) is 11.5 Å². The Morgan fingerprint density at radius 3 is 2.28 bits per heavy atom. The molecule has 0 radical (unpaired) electrons. The van der Waals surface area contributed by atoms with Crippen LogP contribution >= 0.6 is 0 Å². The minimum atomic E-state index is -4.38. The average molecular weight is 430 g/mol. The first-order valence-corrected chi connectivity index (χ1v) is 10.0. The zero-order chi connectivity index (χ0) is 21.7. The summed E-state index contributed by atoms with van der Waals surface area (Å²) in [5.41, 5.74) is 2.05. The van der Waals surface area contributed by atoms with E-state index in [1.807, 2.05) is 0 Å². The Labute approximate surface area is 167 Å². The number of sulfonamides is 1. The normalized spacial score (nSPS) is 12.0. The smallest absolute Gasteiger partial charge is 0.367 e. The zero-order valence-corrected chi connectivity index (χ0v) is 16.7. The van der Waals surface area contributed by atoms with Gasteiger partial charge in [0, 0.05) is 19.2 Å². The zero-order valence-electron chi connectivity index (χ0n) is 15.8. The standard InChI is InChI=1S/C19H21F3N2O4S/c1-13-3-8-17(24-14(2)25)9-18(13)29(26,27)23-10-15-4-6-16(7-5-15)11-28-12-19(20,21)22/h3-9,23H,10-12H2,1-2H3,(H,24,25). The van der Waals surface area contributed by atoms with Gasteiger partial charge in [-0.1, -0.05) is 30.3 Å². The van der Waals surface area contributed by atoms with Crippen LogP contribution < -0.4 is 10.0 Å². The predicted octanol–water partition coefficient (Wildman–Crippen LogP) is 3.51. The van der Waals surface area contributed by atoms with Gasteiger partial charge in [-0.25, -0.2) is 13.1 Å². The average Bonchev–Trinajstić information content (AvgIpc) is 2.61. The van der Waals surface area contributed by atoms with Crippen molar-refractivity contribution in [2.75, 3.05) is 11.9 Å². The van der Waals surface area contributed by atoms with Gasteiger partial charge < -0.3 is 10.1 Å². The Morgan fingerprint density at radius 2 is 1.69 bits per heavy atom. The molecule has 6 nitrogen and oxygen atoms in total. The molecule has 2 N–H and O–H groups in total. The molecule has 0 aliphatic carbocycles. The van der Waals surface area contributed by atoms with Crippen molar-refractivity contribution in [3.8, 4) is 0 Å². The highest BCUT2D eigenvalue weighted by Crippen LogP contribution is 2.21. The van der Waals surface area contributed by atoms with Crippen molar-refractivity contribution in [1.82, 2.24) is 4.72 Å². The lowest BCUT2D eigenvalue weighted by atomic mass is 10.1. The third-order valence-corrected chi connectivity index (χ3v) is 5.37. The maximum Gasteiger partial charge on any atom is 0.411 e. The van der Waals surface area contributed by atoms with Crippen molar-refractivity contribution in [3.63, 3.8) is 0 Å². The number of benzene rings is 2. The summed E-state index contributed by atoms with van der Waals surface area (Å²) >= 11 is 0. The van der Waals surface area contributed by atoms with Gasteiger partial charge in [0.15, 0.2) is 0 Å². The van der Waals surface area contributed by atoms with Gasteiger partial charge in [0.2, 0.25) is 15.9 Å². The van der Waals surface area contributed by atoms with Crippen molar-refractivity contribution in [2.24, 2.45) is 0 Å². The summed E-state index contributed by atoms with van der Waals surface area (Å²) in [4.78, 5) is 11.2. The van der Waals surface area contributed by atoms with Crippen molar-refractivity contribution in [1.29, 1.82) is 0 Å². The third-order valence-electron chi connectivity index (χ3n) is 3.82. The van der Waals surface area contributed by atoms with E-state index >= 15 is 0 Å². The van der Waals surface area contributed by atoms with Crippen molar-refractivity contribution in [3.05, 3.63) is 59.2 Å². The fraction of sp³-hybridized carbons (Fsp3) is 0.316. The lowest BCUT2D eigenvalue weighted by Gasteiger charge is -2.12. The van der Waals surface area contributed by atoms with Gasteiger partial charge in [-0.2, -0.15) is 13.2 Å². The highest BCUT2D eigenvalue weighted by Gasteiger charge is 2.27. The number of nitrogens with one attached hydrogen (secondary N) is 2. The molecule has 0 saturated heterocycles. The largest absolute Gasteiger partial charge is 0.411 e. The van der Waals surface area contributed by atoms with E-state index in [1.54, 1.807) is 43.3 Å². The van der Waals surface area contributed by atoms with E-state index in [1.165, 1.54) is 13.0 Å². The number of rotatable bonds is 8. The monoisotopic (exact) mass is 430 g/mol. The van der Waals surface area contributed by atoms with E-state index in [9.17, 15) is 26.4 Å². The van der Waals surface area contributed by atoms with Gasteiger partial charge in [0.1, 0.15) is 6.61 Å². The van der Waals surface area contributed by atoms with Crippen LogP contribution in [0.1, 0.15) is 23.6 Å². The molecule has 0 heterocycles. The van der Waals surface area contributed by atoms with E-state index in [2.05, 4.69) is 14.8 Å². The minimum Gasteiger partial charge on any atom is -0.367 e. The molecule has 10 heteroatoms. The number of alkyl halides is 3. The maximum absolute atomic E-state index is 12.6. The molecule has 1 amide bonds.